The minimum absolute atomic E-state index is 0.586. The predicted octanol–water partition coefficient (Wildman–Crippen LogP) is 4.69. The van der Waals surface area contributed by atoms with E-state index >= 15 is 0 Å². The van der Waals surface area contributed by atoms with Crippen LogP contribution in [0.4, 0.5) is 5.13 Å². The molecule has 3 rings (SSSR count). The molecule has 0 bridgehead atoms. The third kappa shape index (κ3) is 3.06. The quantitative estimate of drug-likeness (QED) is 0.833. The van der Waals surface area contributed by atoms with E-state index in [2.05, 4.69) is 23.3 Å². The fourth-order valence-corrected chi connectivity index (χ4v) is 3.87. The van der Waals surface area contributed by atoms with Crippen LogP contribution in [0.2, 0.25) is 0 Å². The Hall–Kier alpha value is -1.29. The van der Waals surface area contributed by atoms with Crippen molar-refractivity contribution in [3.05, 3.63) is 18.2 Å². The number of methoxy groups -OCH3 is 1. The molecule has 2 unspecified atom stereocenters. The maximum absolute atomic E-state index is 5.27. The summed E-state index contributed by atoms with van der Waals surface area (Å²) < 4.78 is 6.46. The average Bonchev–Trinajstić information content (AvgIpc) is 2.74. The van der Waals surface area contributed by atoms with Crippen molar-refractivity contribution >= 4 is 26.7 Å². The molecule has 0 amide bonds. The molecule has 1 aliphatic carbocycles. The summed E-state index contributed by atoms with van der Waals surface area (Å²) >= 11 is 1.73. The van der Waals surface area contributed by atoms with Gasteiger partial charge in [-0.05, 0) is 43.4 Å². The van der Waals surface area contributed by atoms with Crippen LogP contribution in [-0.2, 0) is 0 Å². The Morgan fingerprint density at radius 2 is 2.15 bits per heavy atom. The molecule has 1 N–H and O–H groups in total. The van der Waals surface area contributed by atoms with Crippen LogP contribution in [-0.4, -0.2) is 18.1 Å². The van der Waals surface area contributed by atoms with E-state index in [-0.39, 0.29) is 0 Å². The van der Waals surface area contributed by atoms with E-state index in [0.29, 0.717) is 6.04 Å². The summed E-state index contributed by atoms with van der Waals surface area (Å²) in [7, 11) is 1.70. The summed E-state index contributed by atoms with van der Waals surface area (Å²) in [5.74, 6) is 1.78. The first-order valence-electron chi connectivity index (χ1n) is 7.45. The van der Waals surface area contributed by atoms with Crippen molar-refractivity contribution in [2.45, 2.75) is 45.1 Å². The molecule has 1 saturated carbocycles. The van der Waals surface area contributed by atoms with Crippen LogP contribution in [0, 0.1) is 5.92 Å². The molecule has 0 radical (unpaired) electrons. The number of rotatable bonds is 3. The lowest BCUT2D eigenvalue weighted by Gasteiger charge is -2.15. The number of fused-ring (bicyclic) bond motifs is 1. The zero-order chi connectivity index (χ0) is 13.9. The first kappa shape index (κ1) is 13.7. The number of hydrogen-bond acceptors (Lipinski definition) is 4. The Labute approximate surface area is 124 Å². The van der Waals surface area contributed by atoms with Crippen molar-refractivity contribution in [1.29, 1.82) is 0 Å². The third-order valence-electron chi connectivity index (χ3n) is 4.18. The van der Waals surface area contributed by atoms with Gasteiger partial charge in [0.25, 0.3) is 0 Å². The summed E-state index contributed by atoms with van der Waals surface area (Å²) in [5.41, 5.74) is 1.06. The van der Waals surface area contributed by atoms with E-state index in [1.807, 2.05) is 12.1 Å². The first-order chi connectivity index (χ1) is 9.74. The van der Waals surface area contributed by atoms with Gasteiger partial charge < -0.3 is 10.1 Å². The number of thiazole rings is 1. The molecule has 1 aromatic heterocycles. The molecule has 0 aliphatic heterocycles. The highest BCUT2D eigenvalue weighted by Crippen LogP contribution is 2.31. The maximum atomic E-state index is 5.27. The molecule has 2 atom stereocenters. The van der Waals surface area contributed by atoms with Crippen LogP contribution in [0.1, 0.15) is 39.0 Å². The van der Waals surface area contributed by atoms with Crippen LogP contribution < -0.4 is 10.1 Å². The number of benzene rings is 1. The minimum Gasteiger partial charge on any atom is -0.497 e. The number of nitrogens with zero attached hydrogens (tertiary/aromatic N) is 1. The summed E-state index contributed by atoms with van der Waals surface area (Å²) in [6.45, 7) is 2.37. The van der Waals surface area contributed by atoms with Crippen LogP contribution in [0.25, 0.3) is 10.2 Å². The summed E-state index contributed by atoms with van der Waals surface area (Å²) in [4.78, 5) is 4.68. The molecule has 1 fully saturated rings. The summed E-state index contributed by atoms with van der Waals surface area (Å²) in [6, 6.07) is 6.65. The van der Waals surface area contributed by atoms with Gasteiger partial charge in [0, 0.05) is 6.04 Å². The van der Waals surface area contributed by atoms with Gasteiger partial charge in [-0.2, -0.15) is 0 Å². The van der Waals surface area contributed by atoms with Crippen LogP contribution in [0.3, 0.4) is 0 Å². The van der Waals surface area contributed by atoms with Crippen LogP contribution >= 0.6 is 11.3 Å². The Morgan fingerprint density at radius 1 is 1.25 bits per heavy atom. The van der Waals surface area contributed by atoms with Gasteiger partial charge in [0.15, 0.2) is 5.13 Å². The van der Waals surface area contributed by atoms with Crippen molar-refractivity contribution < 1.29 is 4.74 Å². The van der Waals surface area contributed by atoms with Crippen molar-refractivity contribution in [2.24, 2.45) is 5.92 Å². The van der Waals surface area contributed by atoms with Crippen LogP contribution in [0.5, 0.6) is 5.75 Å². The van der Waals surface area contributed by atoms with Gasteiger partial charge in [-0.1, -0.05) is 31.1 Å². The molecule has 3 nitrogen and oxygen atoms in total. The normalized spacial score (nSPS) is 23.5. The second-order valence-corrected chi connectivity index (χ2v) is 6.84. The first-order valence-corrected chi connectivity index (χ1v) is 8.27. The lowest BCUT2D eigenvalue weighted by atomic mass is 10.0. The van der Waals surface area contributed by atoms with Crippen LogP contribution in [0.15, 0.2) is 18.2 Å². The SMILES string of the molecule is COc1ccc2nc(NC3CCCC(C)CC3)sc2c1. The second-order valence-electron chi connectivity index (χ2n) is 5.81. The summed E-state index contributed by atoms with van der Waals surface area (Å²) in [5, 5.41) is 4.68. The number of nitrogens with one attached hydrogen (secondary N) is 1. The molecule has 20 heavy (non-hydrogen) atoms. The number of anilines is 1. The van der Waals surface area contributed by atoms with E-state index in [1.54, 1.807) is 18.4 Å². The number of ether oxygens (including phenoxy) is 1. The molecule has 1 aromatic carbocycles. The smallest absolute Gasteiger partial charge is 0.184 e. The standard InChI is InChI=1S/C16H22N2OS/c1-11-4-3-5-12(7-6-11)17-16-18-14-9-8-13(19-2)10-15(14)20-16/h8-12H,3-7H2,1-2H3,(H,17,18). The van der Waals surface area contributed by atoms with Crippen molar-refractivity contribution in [1.82, 2.24) is 4.98 Å². The third-order valence-corrected chi connectivity index (χ3v) is 5.13. The maximum Gasteiger partial charge on any atom is 0.184 e. The van der Waals surface area contributed by atoms with Gasteiger partial charge in [-0.3, -0.25) is 0 Å². The lowest BCUT2D eigenvalue weighted by Crippen LogP contribution is -2.18. The lowest BCUT2D eigenvalue weighted by molar-refractivity contribution is 0.415. The Morgan fingerprint density at radius 3 is 3.00 bits per heavy atom. The largest absolute Gasteiger partial charge is 0.497 e. The van der Waals surface area contributed by atoms with E-state index < -0.39 is 0 Å². The molecule has 1 heterocycles. The molecule has 1 aliphatic rings. The zero-order valence-corrected chi connectivity index (χ0v) is 13.0. The zero-order valence-electron chi connectivity index (χ0n) is 12.2. The van der Waals surface area contributed by atoms with E-state index in [4.69, 9.17) is 4.74 Å². The second kappa shape index (κ2) is 6.00. The molecular formula is C16H22N2OS. The minimum atomic E-state index is 0.586. The molecule has 0 saturated heterocycles. The van der Waals surface area contributed by atoms with Gasteiger partial charge >= 0.3 is 0 Å². The molecule has 2 aromatic rings. The highest BCUT2D eigenvalue weighted by atomic mass is 32.1. The van der Waals surface area contributed by atoms with Crippen molar-refractivity contribution in [3.63, 3.8) is 0 Å². The van der Waals surface area contributed by atoms with Crippen molar-refractivity contribution in [2.75, 3.05) is 12.4 Å². The Bertz CT molecular complexity index is 581. The Balaban J connectivity index is 1.73. The highest BCUT2D eigenvalue weighted by molar-refractivity contribution is 7.22. The molecule has 0 spiro atoms. The molecular weight excluding hydrogens is 268 g/mol. The van der Waals surface area contributed by atoms with Gasteiger partial charge in [0.1, 0.15) is 5.75 Å². The van der Waals surface area contributed by atoms with E-state index in [9.17, 15) is 0 Å². The van der Waals surface area contributed by atoms with Gasteiger partial charge in [0.2, 0.25) is 0 Å². The fourth-order valence-electron chi connectivity index (χ4n) is 2.90. The van der Waals surface area contributed by atoms with E-state index in [1.165, 1.54) is 36.8 Å². The number of aromatic nitrogens is 1. The van der Waals surface area contributed by atoms with E-state index in [0.717, 1.165) is 22.3 Å². The Kier molecular flexibility index (Phi) is 4.10. The fraction of sp³-hybridized carbons (Fsp3) is 0.562. The highest BCUT2D eigenvalue weighted by Gasteiger charge is 2.17. The van der Waals surface area contributed by atoms with Gasteiger partial charge in [-0.25, -0.2) is 4.98 Å². The molecule has 4 heteroatoms. The molecule has 108 valence electrons. The number of hydrogen-bond donors (Lipinski definition) is 1. The predicted molar refractivity (Wildman–Crippen MR) is 85.8 cm³/mol. The summed E-state index contributed by atoms with van der Waals surface area (Å²) in [6.07, 6.45) is 6.56. The topological polar surface area (TPSA) is 34.1 Å². The van der Waals surface area contributed by atoms with Gasteiger partial charge in [0.05, 0.1) is 17.3 Å². The monoisotopic (exact) mass is 290 g/mol. The average molecular weight is 290 g/mol. The van der Waals surface area contributed by atoms with Gasteiger partial charge in [-0.15, -0.1) is 0 Å². The van der Waals surface area contributed by atoms with Crippen molar-refractivity contribution in [3.8, 4) is 5.75 Å².